The first kappa shape index (κ1) is 15.6. The second-order valence-electron chi connectivity index (χ2n) is 5.91. The first-order valence-electron chi connectivity index (χ1n) is 8.30. The van der Waals surface area contributed by atoms with Gasteiger partial charge in [0.1, 0.15) is 5.82 Å². The lowest BCUT2D eigenvalue weighted by molar-refractivity contribution is 0.0952. The van der Waals surface area contributed by atoms with Crippen molar-refractivity contribution in [2.75, 3.05) is 31.2 Å². The van der Waals surface area contributed by atoms with Crippen molar-refractivity contribution in [3.05, 3.63) is 53.9 Å². The molecule has 128 valence electrons. The Morgan fingerprint density at radius 1 is 1.24 bits per heavy atom. The van der Waals surface area contributed by atoms with Crippen LogP contribution in [0.2, 0.25) is 0 Å². The molecule has 3 heterocycles. The summed E-state index contributed by atoms with van der Waals surface area (Å²) in [5.74, 6) is 0.775. The molecule has 0 unspecified atom stereocenters. The Labute approximate surface area is 145 Å². The van der Waals surface area contributed by atoms with E-state index in [-0.39, 0.29) is 5.91 Å². The molecule has 7 heteroatoms. The number of hydrogen-bond donors (Lipinski definition) is 2. The van der Waals surface area contributed by atoms with Crippen LogP contribution in [0.15, 0.2) is 42.7 Å². The van der Waals surface area contributed by atoms with E-state index >= 15 is 0 Å². The Morgan fingerprint density at radius 2 is 2.12 bits per heavy atom. The summed E-state index contributed by atoms with van der Waals surface area (Å²) in [7, 11) is 0. The number of nitrogens with one attached hydrogen (secondary N) is 2. The number of benzene rings is 1. The van der Waals surface area contributed by atoms with Crippen LogP contribution < -0.4 is 10.2 Å². The summed E-state index contributed by atoms with van der Waals surface area (Å²) in [6.07, 6.45) is 3.49. The van der Waals surface area contributed by atoms with Gasteiger partial charge in [0.25, 0.3) is 5.91 Å². The highest BCUT2D eigenvalue weighted by molar-refractivity contribution is 6.05. The number of rotatable bonds is 4. The summed E-state index contributed by atoms with van der Waals surface area (Å²) in [6.45, 7) is 3.44. The molecule has 1 fully saturated rings. The van der Waals surface area contributed by atoms with Crippen molar-refractivity contribution in [3.8, 4) is 0 Å². The van der Waals surface area contributed by atoms with Crippen LogP contribution in [-0.4, -0.2) is 47.4 Å². The third kappa shape index (κ3) is 3.18. The molecular formula is C18H19N5O2. The number of H-pyrrole nitrogens is 1. The van der Waals surface area contributed by atoms with Gasteiger partial charge in [-0.2, -0.15) is 5.10 Å². The van der Waals surface area contributed by atoms with Gasteiger partial charge in [-0.1, -0.05) is 18.2 Å². The van der Waals surface area contributed by atoms with Crippen LogP contribution in [0, 0.1) is 0 Å². The fraction of sp³-hybridized carbons (Fsp3) is 0.278. The highest BCUT2D eigenvalue weighted by atomic mass is 16.5. The summed E-state index contributed by atoms with van der Waals surface area (Å²) in [5.41, 5.74) is 2.33. The van der Waals surface area contributed by atoms with Gasteiger partial charge in [0.2, 0.25) is 0 Å². The van der Waals surface area contributed by atoms with Gasteiger partial charge in [-0.3, -0.25) is 9.89 Å². The maximum absolute atomic E-state index is 12.6. The van der Waals surface area contributed by atoms with Crippen LogP contribution in [0.4, 0.5) is 5.82 Å². The van der Waals surface area contributed by atoms with E-state index in [4.69, 9.17) is 4.74 Å². The van der Waals surface area contributed by atoms with Crippen molar-refractivity contribution in [1.82, 2.24) is 20.5 Å². The van der Waals surface area contributed by atoms with Crippen molar-refractivity contribution >= 4 is 22.6 Å². The van der Waals surface area contributed by atoms with E-state index in [1.165, 1.54) is 0 Å². The van der Waals surface area contributed by atoms with Gasteiger partial charge < -0.3 is 15.0 Å². The third-order valence-corrected chi connectivity index (χ3v) is 4.34. The number of pyridine rings is 1. The number of amides is 1. The monoisotopic (exact) mass is 337 g/mol. The fourth-order valence-electron chi connectivity index (χ4n) is 3.06. The van der Waals surface area contributed by atoms with Gasteiger partial charge in [-0.15, -0.1) is 0 Å². The lowest BCUT2D eigenvalue weighted by Gasteiger charge is -2.29. The fourth-order valence-corrected chi connectivity index (χ4v) is 3.06. The molecule has 1 saturated heterocycles. The number of morpholine rings is 1. The molecule has 1 amide bonds. The smallest absolute Gasteiger partial charge is 0.253 e. The second-order valence-corrected chi connectivity index (χ2v) is 5.91. The second kappa shape index (κ2) is 6.90. The number of anilines is 1. The minimum atomic E-state index is -0.133. The summed E-state index contributed by atoms with van der Waals surface area (Å²) >= 11 is 0. The van der Waals surface area contributed by atoms with Crippen LogP contribution in [-0.2, 0) is 11.3 Å². The number of hydrogen-bond acceptors (Lipinski definition) is 5. The molecule has 0 spiro atoms. The Morgan fingerprint density at radius 3 is 3.00 bits per heavy atom. The first-order chi connectivity index (χ1) is 12.3. The van der Waals surface area contributed by atoms with E-state index in [9.17, 15) is 4.79 Å². The maximum Gasteiger partial charge on any atom is 0.253 e. The van der Waals surface area contributed by atoms with Crippen molar-refractivity contribution < 1.29 is 9.53 Å². The molecule has 0 aliphatic carbocycles. The molecule has 2 N–H and O–H groups in total. The number of nitrogens with zero attached hydrogens (tertiary/aromatic N) is 3. The predicted molar refractivity (Wildman–Crippen MR) is 94.5 cm³/mol. The van der Waals surface area contributed by atoms with Crippen LogP contribution in [0.1, 0.15) is 15.9 Å². The third-order valence-electron chi connectivity index (χ3n) is 4.34. The van der Waals surface area contributed by atoms with Crippen molar-refractivity contribution in [2.24, 2.45) is 0 Å². The van der Waals surface area contributed by atoms with Gasteiger partial charge in [0, 0.05) is 36.8 Å². The summed E-state index contributed by atoms with van der Waals surface area (Å²) in [6, 6.07) is 9.46. The van der Waals surface area contributed by atoms with E-state index in [1.54, 1.807) is 18.5 Å². The SMILES string of the molecule is O=C(NCc1cccnc1N1CCOCC1)c1cccc2cn[nH]c12. The number of carbonyl (C=O) groups is 1. The molecule has 3 aromatic rings. The lowest BCUT2D eigenvalue weighted by atomic mass is 10.1. The number of aromatic nitrogens is 3. The minimum absolute atomic E-state index is 0.133. The molecule has 2 aromatic heterocycles. The Kier molecular flexibility index (Phi) is 4.30. The van der Waals surface area contributed by atoms with Crippen molar-refractivity contribution in [1.29, 1.82) is 0 Å². The van der Waals surface area contributed by atoms with E-state index in [0.717, 1.165) is 35.4 Å². The van der Waals surface area contributed by atoms with Gasteiger partial charge in [0.05, 0.1) is 30.5 Å². The van der Waals surface area contributed by atoms with E-state index in [1.807, 2.05) is 24.3 Å². The zero-order chi connectivity index (χ0) is 17.1. The van der Waals surface area contributed by atoms with E-state index in [2.05, 4.69) is 25.4 Å². The van der Waals surface area contributed by atoms with Crippen LogP contribution in [0.5, 0.6) is 0 Å². The molecule has 7 nitrogen and oxygen atoms in total. The highest BCUT2D eigenvalue weighted by Crippen LogP contribution is 2.19. The van der Waals surface area contributed by atoms with Crippen LogP contribution in [0.3, 0.4) is 0 Å². The van der Waals surface area contributed by atoms with Crippen molar-refractivity contribution in [3.63, 3.8) is 0 Å². The molecule has 0 atom stereocenters. The molecule has 1 aliphatic heterocycles. The molecule has 1 aromatic carbocycles. The summed E-state index contributed by atoms with van der Waals surface area (Å²) in [4.78, 5) is 19.3. The van der Waals surface area contributed by atoms with Gasteiger partial charge in [-0.25, -0.2) is 4.98 Å². The zero-order valence-corrected chi connectivity index (χ0v) is 13.7. The molecule has 4 rings (SSSR count). The number of aromatic amines is 1. The van der Waals surface area contributed by atoms with Gasteiger partial charge in [0.15, 0.2) is 0 Å². The highest BCUT2D eigenvalue weighted by Gasteiger charge is 2.17. The largest absolute Gasteiger partial charge is 0.378 e. The lowest BCUT2D eigenvalue weighted by Crippen LogP contribution is -2.37. The minimum Gasteiger partial charge on any atom is -0.378 e. The topological polar surface area (TPSA) is 83.1 Å². The normalized spacial score (nSPS) is 14.6. The number of para-hydroxylation sites is 1. The van der Waals surface area contributed by atoms with Crippen LogP contribution >= 0.6 is 0 Å². The Balaban J connectivity index is 1.51. The quantitative estimate of drug-likeness (QED) is 0.757. The maximum atomic E-state index is 12.6. The van der Waals surface area contributed by atoms with Crippen molar-refractivity contribution in [2.45, 2.75) is 6.54 Å². The van der Waals surface area contributed by atoms with Gasteiger partial charge >= 0.3 is 0 Å². The average molecular weight is 337 g/mol. The first-order valence-corrected chi connectivity index (χ1v) is 8.30. The van der Waals surface area contributed by atoms with E-state index < -0.39 is 0 Å². The Hall–Kier alpha value is -2.93. The Bertz CT molecular complexity index is 886. The van der Waals surface area contributed by atoms with E-state index in [0.29, 0.717) is 25.3 Å². The number of fused-ring (bicyclic) bond motifs is 1. The number of ether oxygens (including phenoxy) is 1. The average Bonchev–Trinajstić information content (AvgIpc) is 3.16. The molecular weight excluding hydrogens is 318 g/mol. The standard InChI is InChI=1S/C18H19N5O2/c24-18(15-5-1-3-13-12-21-22-16(13)15)20-11-14-4-2-6-19-17(14)23-7-9-25-10-8-23/h1-6,12H,7-11H2,(H,20,24)(H,21,22). The number of carbonyl (C=O) groups excluding carboxylic acids is 1. The molecule has 0 radical (unpaired) electrons. The van der Waals surface area contributed by atoms with Gasteiger partial charge in [-0.05, 0) is 12.1 Å². The van der Waals surface area contributed by atoms with Crippen LogP contribution in [0.25, 0.3) is 10.9 Å². The molecule has 25 heavy (non-hydrogen) atoms. The molecule has 1 aliphatic rings. The molecule has 0 bridgehead atoms. The predicted octanol–water partition coefficient (Wildman–Crippen LogP) is 1.72. The molecule has 0 saturated carbocycles. The summed E-state index contributed by atoms with van der Waals surface area (Å²) < 4.78 is 5.40. The zero-order valence-electron chi connectivity index (χ0n) is 13.7. The summed E-state index contributed by atoms with van der Waals surface area (Å²) in [5, 5.41) is 10.8.